The molecule has 0 bridgehead atoms. The normalized spacial score (nSPS) is 15.1. The molecule has 0 amide bonds. The lowest BCUT2D eigenvalue weighted by molar-refractivity contribution is -0.129. The summed E-state index contributed by atoms with van der Waals surface area (Å²) in [6.45, 7) is 11.8. The molecule has 0 saturated carbocycles. The first-order valence-corrected chi connectivity index (χ1v) is 5.51. The van der Waals surface area contributed by atoms with Crippen molar-refractivity contribution in [2.45, 2.75) is 59.5 Å². The number of ketones is 1. The molecule has 0 aliphatic heterocycles. The fraction of sp³-hybridized carbons (Fsp3) is 0.917. The van der Waals surface area contributed by atoms with E-state index in [0.29, 0.717) is 6.42 Å². The molecule has 0 aliphatic rings. The number of Topliss-reactive ketones (excluding diaryl/α,β-unsaturated/α-hetero) is 1. The van der Waals surface area contributed by atoms with Gasteiger partial charge in [0.1, 0.15) is 0 Å². The molecule has 3 nitrogen and oxygen atoms in total. The van der Waals surface area contributed by atoms with E-state index in [1.165, 1.54) is 0 Å². The Morgan fingerprint density at radius 1 is 1.20 bits per heavy atom. The first kappa shape index (κ1) is 14.6. The van der Waals surface area contributed by atoms with Gasteiger partial charge in [0, 0.05) is 17.6 Å². The second kappa shape index (κ2) is 5.08. The fourth-order valence-electron chi connectivity index (χ4n) is 1.44. The molecule has 0 spiro atoms. The lowest BCUT2D eigenvalue weighted by Crippen LogP contribution is -2.51. The number of carbonyl (C=O) groups excluding carboxylic acids is 1. The third-order valence-corrected chi connectivity index (χ3v) is 2.08. The van der Waals surface area contributed by atoms with E-state index < -0.39 is 0 Å². The molecule has 0 aromatic rings. The summed E-state index contributed by atoms with van der Waals surface area (Å²) in [6, 6.07) is -0.255. The van der Waals surface area contributed by atoms with E-state index in [9.17, 15) is 4.79 Å². The first-order valence-electron chi connectivity index (χ1n) is 5.51. The second-order valence-electron chi connectivity index (χ2n) is 6.07. The van der Waals surface area contributed by atoms with Gasteiger partial charge in [-0.1, -0.05) is 20.8 Å². The Morgan fingerprint density at radius 2 is 1.67 bits per heavy atom. The Bertz CT molecular complexity index is 211. The van der Waals surface area contributed by atoms with E-state index in [-0.39, 0.29) is 29.4 Å². The number of hydrogen-bond acceptors (Lipinski definition) is 3. The lowest BCUT2D eigenvalue weighted by atomic mass is 9.84. The molecule has 0 saturated heterocycles. The zero-order valence-electron chi connectivity index (χ0n) is 10.8. The molecule has 2 N–H and O–H groups in total. The van der Waals surface area contributed by atoms with Crippen molar-refractivity contribution in [3.63, 3.8) is 0 Å². The Labute approximate surface area is 93.3 Å². The zero-order chi connectivity index (χ0) is 12.3. The van der Waals surface area contributed by atoms with Crippen molar-refractivity contribution in [1.82, 2.24) is 5.32 Å². The van der Waals surface area contributed by atoms with Gasteiger partial charge >= 0.3 is 0 Å². The molecule has 0 heterocycles. The van der Waals surface area contributed by atoms with E-state index in [0.717, 1.165) is 0 Å². The van der Waals surface area contributed by atoms with Gasteiger partial charge in [0.2, 0.25) is 0 Å². The third-order valence-electron chi connectivity index (χ3n) is 2.08. The van der Waals surface area contributed by atoms with E-state index in [2.05, 4.69) is 5.32 Å². The first-order chi connectivity index (χ1) is 6.58. The van der Waals surface area contributed by atoms with Crippen LogP contribution in [0.25, 0.3) is 0 Å². The van der Waals surface area contributed by atoms with Crippen LogP contribution in [-0.4, -0.2) is 29.1 Å². The average Bonchev–Trinajstić information content (AvgIpc) is 1.98. The van der Waals surface area contributed by atoms with Crippen molar-refractivity contribution in [3.8, 4) is 0 Å². The molecular weight excluding hydrogens is 190 g/mol. The summed E-state index contributed by atoms with van der Waals surface area (Å²) < 4.78 is 0. The predicted molar refractivity (Wildman–Crippen MR) is 62.8 cm³/mol. The van der Waals surface area contributed by atoms with Gasteiger partial charge in [-0.25, -0.2) is 0 Å². The van der Waals surface area contributed by atoms with Gasteiger partial charge in [0.15, 0.2) is 5.78 Å². The standard InChI is InChI=1S/C12H25NO2/c1-11(2,3)10(15)9(7-8-14)13-12(4,5)6/h9,13-14H,7-8H2,1-6H3/t9-/m0/s1. The number of nitrogens with one attached hydrogen (secondary N) is 1. The van der Waals surface area contributed by atoms with Gasteiger partial charge in [-0.05, 0) is 27.2 Å². The van der Waals surface area contributed by atoms with Crippen LogP contribution >= 0.6 is 0 Å². The highest BCUT2D eigenvalue weighted by molar-refractivity contribution is 5.88. The predicted octanol–water partition coefficient (Wildman–Crippen LogP) is 1.74. The van der Waals surface area contributed by atoms with E-state index in [4.69, 9.17) is 5.11 Å². The minimum absolute atomic E-state index is 0.0373. The largest absolute Gasteiger partial charge is 0.396 e. The highest BCUT2D eigenvalue weighted by Crippen LogP contribution is 2.19. The summed E-state index contributed by atoms with van der Waals surface area (Å²) in [6.07, 6.45) is 0.480. The van der Waals surface area contributed by atoms with E-state index >= 15 is 0 Å². The number of rotatable bonds is 4. The maximum atomic E-state index is 12.1. The maximum Gasteiger partial charge on any atom is 0.155 e. The number of carbonyl (C=O) groups is 1. The van der Waals surface area contributed by atoms with E-state index in [1.54, 1.807) is 0 Å². The summed E-state index contributed by atoms with van der Waals surface area (Å²) in [5.74, 6) is 0.159. The Hall–Kier alpha value is -0.410. The van der Waals surface area contributed by atoms with Crippen molar-refractivity contribution in [1.29, 1.82) is 0 Å². The molecule has 0 aromatic heterocycles. The van der Waals surface area contributed by atoms with Crippen molar-refractivity contribution in [2.24, 2.45) is 5.41 Å². The SMILES string of the molecule is CC(C)(C)N[C@@H](CCO)C(=O)C(C)(C)C. The maximum absolute atomic E-state index is 12.1. The number of aliphatic hydroxyl groups is 1. The van der Waals surface area contributed by atoms with E-state index in [1.807, 2.05) is 41.5 Å². The molecule has 15 heavy (non-hydrogen) atoms. The quantitative estimate of drug-likeness (QED) is 0.751. The molecule has 3 heteroatoms. The van der Waals surface area contributed by atoms with Crippen LogP contribution in [0.3, 0.4) is 0 Å². The monoisotopic (exact) mass is 215 g/mol. The van der Waals surface area contributed by atoms with Crippen LogP contribution < -0.4 is 5.32 Å². The molecule has 0 unspecified atom stereocenters. The average molecular weight is 215 g/mol. The minimum atomic E-state index is -0.363. The van der Waals surface area contributed by atoms with Crippen LogP contribution in [0.2, 0.25) is 0 Å². The molecule has 0 radical (unpaired) electrons. The molecule has 0 aromatic carbocycles. The van der Waals surface area contributed by atoms with Gasteiger partial charge < -0.3 is 10.4 Å². The summed E-state index contributed by atoms with van der Waals surface area (Å²) in [4.78, 5) is 12.1. The summed E-state index contributed by atoms with van der Waals surface area (Å²) in [7, 11) is 0. The number of aliphatic hydroxyl groups excluding tert-OH is 1. The van der Waals surface area contributed by atoms with Gasteiger partial charge in [-0.2, -0.15) is 0 Å². The molecular formula is C12H25NO2. The smallest absolute Gasteiger partial charge is 0.155 e. The van der Waals surface area contributed by atoms with Crippen LogP contribution in [0.15, 0.2) is 0 Å². The lowest BCUT2D eigenvalue weighted by Gasteiger charge is -2.31. The highest BCUT2D eigenvalue weighted by atomic mass is 16.3. The molecule has 0 rings (SSSR count). The van der Waals surface area contributed by atoms with Crippen LogP contribution in [0.5, 0.6) is 0 Å². The van der Waals surface area contributed by atoms with Gasteiger partial charge in [0.05, 0.1) is 6.04 Å². The molecule has 0 fully saturated rings. The Balaban J connectivity index is 4.60. The number of hydrogen-bond donors (Lipinski definition) is 2. The zero-order valence-corrected chi connectivity index (χ0v) is 10.8. The fourth-order valence-corrected chi connectivity index (χ4v) is 1.44. The van der Waals surface area contributed by atoms with Crippen LogP contribution in [0.1, 0.15) is 48.0 Å². The second-order valence-corrected chi connectivity index (χ2v) is 6.07. The summed E-state index contributed by atoms with van der Waals surface area (Å²) >= 11 is 0. The topological polar surface area (TPSA) is 49.3 Å². The van der Waals surface area contributed by atoms with Crippen LogP contribution in [0, 0.1) is 5.41 Å². The third kappa shape index (κ3) is 5.90. The highest BCUT2D eigenvalue weighted by Gasteiger charge is 2.31. The Morgan fingerprint density at radius 3 is 1.93 bits per heavy atom. The summed E-state index contributed by atoms with van der Waals surface area (Å²) in [5.41, 5.74) is -0.473. The van der Waals surface area contributed by atoms with Gasteiger partial charge in [-0.15, -0.1) is 0 Å². The molecule has 1 atom stereocenters. The van der Waals surface area contributed by atoms with Crippen LogP contribution in [0.4, 0.5) is 0 Å². The van der Waals surface area contributed by atoms with Crippen molar-refractivity contribution in [3.05, 3.63) is 0 Å². The Kier molecular flexibility index (Phi) is 4.94. The van der Waals surface area contributed by atoms with Crippen LogP contribution in [-0.2, 0) is 4.79 Å². The van der Waals surface area contributed by atoms with Crippen molar-refractivity contribution >= 4 is 5.78 Å². The van der Waals surface area contributed by atoms with Gasteiger partial charge in [-0.3, -0.25) is 4.79 Å². The molecule has 0 aliphatic carbocycles. The van der Waals surface area contributed by atoms with Crippen molar-refractivity contribution in [2.75, 3.05) is 6.61 Å². The minimum Gasteiger partial charge on any atom is -0.396 e. The summed E-state index contributed by atoms with van der Waals surface area (Å²) in [5, 5.41) is 12.2. The van der Waals surface area contributed by atoms with Gasteiger partial charge in [0.25, 0.3) is 0 Å². The molecule has 90 valence electrons. The van der Waals surface area contributed by atoms with Crippen molar-refractivity contribution < 1.29 is 9.90 Å².